The third kappa shape index (κ3) is 3.33. The molecule has 0 aliphatic carbocycles. The van der Waals surface area contributed by atoms with Gasteiger partial charge in [-0.1, -0.05) is 18.2 Å². The summed E-state index contributed by atoms with van der Waals surface area (Å²) in [6.07, 6.45) is 0. The fraction of sp³-hybridized carbons (Fsp3) is 0.0714. The number of halogens is 3. The van der Waals surface area contributed by atoms with Gasteiger partial charge >= 0.3 is 0 Å². The van der Waals surface area contributed by atoms with E-state index in [1.54, 1.807) is 36.4 Å². The molecule has 0 bridgehead atoms. The Morgan fingerprint density at radius 1 is 1.21 bits per heavy atom. The van der Waals surface area contributed by atoms with E-state index in [4.69, 9.17) is 11.6 Å². The summed E-state index contributed by atoms with van der Waals surface area (Å²) in [7, 11) is 0. The molecule has 0 aliphatic heterocycles. The van der Waals surface area contributed by atoms with Gasteiger partial charge in [-0.15, -0.1) is 11.6 Å². The van der Waals surface area contributed by atoms with Crippen molar-refractivity contribution in [3.05, 3.63) is 63.9 Å². The number of hydrogen-bond acceptors (Lipinski definition) is 1. The van der Waals surface area contributed by atoms with Crippen LogP contribution in [0, 0.1) is 5.82 Å². The van der Waals surface area contributed by atoms with Crippen molar-refractivity contribution in [1.82, 2.24) is 0 Å². The van der Waals surface area contributed by atoms with Crippen molar-refractivity contribution in [3.8, 4) is 0 Å². The normalized spacial score (nSPS) is 10.3. The highest BCUT2D eigenvalue weighted by atomic mass is 79.9. The van der Waals surface area contributed by atoms with Crippen molar-refractivity contribution >= 4 is 39.1 Å². The van der Waals surface area contributed by atoms with Gasteiger partial charge in [0.25, 0.3) is 5.91 Å². The van der Waals surface area contributed by atoms with E-state index in [-0.39, 0.29) is 10.0 Å². The maximum Gasteiger partial charge on any atom is 0.258 e. The van der Waals surface area contributed by atoms with E-state index in [0.717, 1.165) is 5.56 Å². The minimum atomic E-state index is -0.572. The van der Waals surface area contributed by atoms with Crippen molar-refractivity contribution < 1.29 is 9.18 Å². The van der Waals surface area contributed by atoms with Gasteiger partial charge in [0.2, 0.25) is 0 Å². The first kappa shape index (κ1) is 14.0. The van der Waals surface area contributed by atoms with Gasteiger partial charge in [-0.05, 0) is 45.8 Å². The highest BCUT2D eigenvalue weighted by molar-refractivity contribution is 9.10. The molecule has 19 heavy (non-hydrogen) atoms. The van der Waals surface area contributed by atoms with Crippen molar-refractivity contribution in [3.63, 3.8) is 0 Å². The highest BCUT2D eigenvalue weighted by Crippen LogP contribution is 2.20. The molecule has 2 aromatic rings. The molecule has 0 aromatic heterocycles. The number of benzene rings is 2. The first-order valence-electron chi connectivity index (χ1n) is 5.52. The van der Waals surface area contributed by atoms with Gasteiger partial charge in [0.1, 0.15) is 5.82 Å². The maximum absolute atomic E-state index is 13.7. The molecule has 0 atom stereocenters. The van der Waals surface area contributed by atoms with E-state index in [1.165, 1.54) is 6.07 Å². The molecule has 0 saturated carbocycles. The third-order valence-corrected chi connectivity index (χ3v) is 3.48. The van der Waals surface area contributed by atoms with Crippen LogP contribution in [-0.4, -0.2) is 5.91 Å². The summed E-state index contributed by atoms with van der Waals surface area (Å²) >= 11 is 8.73. The molecule has 0 aliphatic rings. The van der Waals surface area contributed by atoms with Gasteiger partial charge in [0.05, 0.1) is 10.0 Å². The summed E-state index contributed by atoms with van der Waals surface area (Å²) in [6.45, 7) is 0. The SMILES string of the molecule is O=C(Nc1ccc(CCl)cc1)c1cccc(Br)c1F. The Hall–Kier alpha value is -1.39. The molecule has 98 valence electrons. The standard InChI is InChI=1S/C14H10BrClFNO/c15-12-3-1-2-11(13(12)17)14(19)18-10-6-4-9(8-16)5-7-10/h1-7H,8H2,(H,18,19). The Bertz CT molecular complexity index is 601. The molecule has 0 fully saturated rings. The smallest absolute Gasteiger partial charge is 0.258 e. The van der Waals surface area contributed by atoms with E-state index in [9.17, 15) is 9.18 Å². The van der Waals surface area contributed by atoms with Crippen LogP contribution >= 0.6 is 27.5 Å². The minimum absolute atomic E-state index is 0.00389. The molecule has 2 nitrogen and oxygen atoms in total. The predicted octanol–water partition coefficient (Wildman–Crippen LogP) is 4.58. The van der Waals surface area contributed by atoms with E-state index >= 15 is 0 Å². The minimum Gasteiger partial charge on any atom is -0.322 e. The van der Waals surface area contributed by atoms with Crippen LogP contribution in [0.5, 0.6) is 0 Å². The number of carbonyl (C=O) groups is 1. The van der Waals surface area contributed by atoms with Gasteiger partial charge in [-0.3, -0.25) is 4.79 Å². The van der Waals surface area contributed by atoms with Gasteiger partial charge < -0.3 is 5.32 Å². The number of amides is 1. The Kier molecular flexibility index (Phi) is 4.56. The molecular weight excluding hydrogens is 333 g/mol. The second-order valence-electron chi connectivity index (χ2n) is 3.89. The van der Waals surface area contributed by atoms with Crippen LogP contribution in [0.25, 0.3) is 0 Å². The van der Waals surface area contributed by atoms with E-state index in [2.05, 4.69) is 21.2 Å². The highest BCUT2D eigenvalue weighted by Gasteiger charge is 2.13. The fourth-order valence-corrected chi connectivity index (χ4v) is 2.10. The number of hydrogen-bond donors (Lipinski definition) is 1. The number of carbonyl (C=O) groups excluding carboxylic acids is 1. The molecule has 2 aromatic carbocycles. The Balaban J connectivity index is 2.18. The topological polar surface area (TPSA) is 29.1 Å². The predicted molar refractivity (Wildman–Crippen MR) is 78.1 cm³/mol. The van der Waals surface area contributed by atoms with E-state index < -0.39 is 11.7 Å². The van der Waals surface area contributed by atoms with Crippen LogP contribution in [0.15, 0.2) is 46.9 Å². The monoisotopic (exact) mass is 341 g/mol. The van der Waals surface area contributed by atoms with Crippen molar-refractivity contribution in [2.24, 2.45) is 0 Å². The zero-order valence-electron chi connectivity index (χ0n) is 9.79. The first-order valence-corrected chi connectivity index (χ1v) is 6.85. The molecular formula is C14H10BrClFNO. The molecule has 0 saturated heterocycles. The average Bonchev–Trinajstić information content (AvgIpc) is 2.42. The van der Waals surface area contributed by atoms with Gasteiger partial charge in [-0.25, -0.2) is 4.39 Å². The summed E-state index contributed by atoms with van der Waals surface area (Å²) < 4.78 is 14.0. The van der Waals surface area contributed by atoms with Crippen molar-refractivity contribution in [2.75, 3.05) is 5.32 Å². The van der Waals surface area contributed by atoms with E-state index in [0.29, 0.717) is 11.6 Å². The van der Waals surface area contributed by atoms with Crippen molar-refractivity contribution in [1.29, 1.82) is 0 Å². The molecule has 2 rings (SSSR count). The summed E-state index contributed by atoms with van der Waals surface area (Å²) in [5.74, 6) is -0.649. The lowest BCUT2D eigenvalue weighted by Crippen LogP contribution is -2.13. The largest absolute Gasteiger partial charge is 0.322 e. The Morgan fingerprint density at radius 3 is 2.53 bits per heavy atom. The molecule has 1 N–H and O–H groups in total. The summed E-state index contributed by atoms with van der Waals surface area (Å²) in [5.41, 5.74) is 1.54. The zero-order chi connectivity index (χ0) is 13.8. The molecule has 0 heterocycles. The van der Waals surface area contributed by atoms with Crippen LogP contribution in [-0.2, 0) is 5.88 Å². The van der Waals surface area contributed by atoms with Crippen LogP contribution in [0.3, 0.4) is 0 Å². The molecule has 5 heteroatoms. The summed E-state index contributed by atoms with van der Waals surface area (Å²) in [5, 5.41) is 2.63. The molecule has 0 radical (unpaired) electrons. The van der Waals surface area contributed by atoms with Crippen LogP contribution < -0.4 is 5.32 Å². The van der Waals surface area contributed by atoms with Crippen LogP contribution in [0.2, 0.25) is 0 Å². The summed E-state index contributed by atoms with van der Waals surface area (Å²) in [6, 6.07) is 11.7. The third-order valence-electron chi connectivity index (χ3n) is 2.56. The van der Waals surface area contributed by atoms with Gasteiger partial charge in [0.15, 0.2) is 0 Å². The molecule has 0 spiro atoms. The van der Waals surface area contributed by atoms with Crippen molar-refractivity contribution in [2.45, 2.75) is 5.88 Å². The fourth-order valence-electron chi connectivity index (χ4n) is 1.55. The quantitative estimate of drug-likeness (QED) is 0.813. The van der Waals surface area contributed by atoms with Crippen LogP contribution in [0.4, 0.5) is 10.1 Å². The van der Waals surface area contributed by atoms with Crippen LogP contribution in [0.1, 0.15) is 15.9 Å². The zero-order valence-corrected chi connectivity index (χ0v) is 12.1. The number of alkyl halides is 1. The summed E-state index contributed by atoms with van der Waals surface area (Å²) in [4.78, 5) is 11.9. The Labute approximate surface area is 123 Å². The van der Waals surface area contributed by atoms with Gasteiger partial charge in [-0.2, -0.15) is 0 Å². The Morgan fingerprint density at radius 2 is 1.89 bits per heavy atom. The number of anilines is 1. The maximum atomic E-state index is 13.7. The lowest BCUT2D eigenvalue weighted by atomic mass is 10.2. The average molecular weight is 343 g/mol. The second-order valence-corrected chi connectivity index (χ2v) is 5.01. The number of nitrogens with one attached hydrogen (secondary N) is 1. The molecule has 1 amide bonds. The first-order chi connectivity index (χ1) is 9.11. The lowest BCUT2D eigenvalue weighted by molar-refractivity contribution is 0.102. The lowest BCUT2D eigenvalue weighted by Gasteiger charge is -2.07. The van der Waals surface area contributed by atoms with E-state index in [1.807, 2.05) is 0 Å². The number of rotatable bonds is 3. The van der Waals surface area contributed by atoms with Gasteiger partial charge in [0, 0.05) is 11.6 Å². The second kappa shape index (κ2) is 6.17. The molecule has 0 unspecified atom stereocenters.